The van der Waals surface area contributed by atoms with E-state index in [0.29, 0.717) is 17.5 Å². The first kappa shape index (κ1) is 21.6. The molecule has 1 saturated heterocycles. The van der Waals surface area contributed by atoms with E-state index in [1.807, 2.05) is 54.6 Å². The summed E-state index contributed by atoms with van der Waals surface area (Å²) in [7, 11) is 0. The summed E-state index contributed by atoms with van der Waals surface area (Å²) < 4.78 is 20.1. The normalized spacial score (nSPS) is 26.0. The fraction of sp³-hybridized carbons (Fsp3) is 0.280. The Hall–Kier alpha value is -2.61. The number of hydrogen-bond donors (Lipinski definition) is 4. The van der Waals surface area contributed by atoms with Crippen molar-refractivity contribution in [3.8, 4) is 11.1 Å². The molecule has 5 nitrogen and oxygen atoms in total. The van der Waals surface area contributed by atoms with E-state index in [9.17, 15) is 24.8 Å². The van der Waals surface area contributed by atoms with Crippen LogP contribution in [0, 0.1) is 5.82 Å². The number of benzene rings is 3. The Morgan fingerprint density at radius 3 is 2.13 bits per heavy atom. The molecular formula is C25H25FO5. The van der Waals surface area contributed by atoms with E-state index in [0.717, 1.165) is 16.7 Å². The van der Waals surface area contributed by atoms with Crippen LogP contribution in [0.4, 0.5) is 4.39 Å². The highest BCUT2D eigenvalue weighted by atomic mass is 19.1. The monoisotopic (exact) mass is 424 g/mol. The molecule has 0 saturated carbocycles. The SMILES string of the molecule is OCC1OC(c2ccc(F)c(Cc3ccc(-c4ccccc4)cc3)c2)C(O)C(O)C1O. The number of aliphatic hydroxyl groups is 4. The van der Waals surface area contributed by atoms with E-state index in [4.69, 9.17) is 4.74 Å². The molecule has 0 amide bonds. The molecule has 6 heteroatoms. The molecule has 1 aliphatic heterocycles. The number of aliphatic hydroxyl groups excluding tert-OH is 4. The number of rotatable bonds is 5. The zero-order chi connectivity index (χ0) is 22.0. The maximum absolute atomic E-state index is 14.5. The molecule has 5 atom stereocenters. The van der Waals surface area contributed by atoms with Gasteiger partial charge >= 0.3 is 0 Å². The summed E-state index contributed by atoms with van der Waals surface area (Å²) in [6.45, 7) is -0.511. The van der Waals surface area contributed by atoms with Crippen LogP contribution in [-0.2, 0) is 11.2 Å². The predicted octanol–water partition coefficient (Wildman–Crippen LogP) is 2.60. The predicted molar refractivity (Wildman–Crippen MR) is 114 cm³/mol. The summed E-state index contributed by atoms with van der Waals surface area (Å²) in [5, 5.41) is 39.8. The maximum atomic E-state index is 14.5. The van der Waals surface area contributed by atoms with Gasteiger partial charge in [0.15, 0.2) is 0 Å². The molecule has 31 heavy (non-hydrogen) atoms. The molecule has 0 bridgehead atoms. The van der Waals surface area contributed by atoms with Crippen LogP contribution < -0.4 is 0 Å². The van der Waals surface area contributed by atoms with Gasteiger partial charge in [-0.05, 0) is 39.9 Å². The lowest BCUT2D eigenvalue weighted by atomic mass is 9.90. The number of hydrogen-bond acceptors (Lipinski definition) is 5. The van der Waals surface area contributed by atoms with E-state index >= 15 is 0 Å². The third-order valence-corrected chi connectivity index (χ3v) is 5.75. The van der Waals surface area contributed by atoms with Crippen LogP contribution in [0.5, 0.6) is 0 Å². The van der Waals surface area contributed by atoms with Gasteiger partial charge in [-0.1, -0.05) is 60.7 Å². The standard InChI is InChI=1S/C25H25FO5/c26-20-11-10-18(25-24(30)23(29)22(28)21(14-27)31-25)13-19(20)12-15-6-8-17(9-7-15)16-4-2-1-3-5-16/h1-11,13,21-25,27-30H,12,14H2. The van der Waals surface area contributed by atoms with Crippen molar-refractivity contribution in [3.63, 3.8) is 0 Å². The summed E-state index contributed by atoms with van der Waals surface area (Å²) in [5.74, 6) is -0.388. The van der Waals surface area contributed by atoms with Gasteiger partial charge in [-0.25, -0.2) is 4.39 Å². The zero-order valence-electron chi connectivity index (χ0n) is 16.8. The third-order valence-electron chi connectivity index (χ3n) is 5.75. The average Bonchev–Trinajstić information content (AvgIpc) is 2.80. The lowest BCUT2D eigenvalue weighted by Crippen LogP contribution is -2.55. The minimum atomic E-state index is -1.48. The second-order valence-electron chi connectivity index (χ2n) is 7.84. The van der Waals surface area contributed by atoms with Crippen LogP contribution in [0.1, 0.15) is 22.8 Å². The van der Waals surface area contributed by atoms with Crippen LogP contribution in [0.25, 0.3) is 11.1 Å². The highest BCUT2D eigenvalue weighted by Crippen LogP contribution is 2.33. The van der Waals surface area contributed by atoms with Gasteiger partial charge in [-0.15, -0.1) is 0 Å². The van der Waals surface area contributed by atoms with E-state index < -0.39 is 37.1 Å². The smallest absolute Gasteiger partial charge is 0.126 e. The highest BCUT2D eigenvalue weighted by molar-refractivity contribution is 5.63. The molecule has 0 radical (unpaired) electrons. The van der Waals surface area contributed by atoms with Crippen molar-refractivity contribution >= 4 is 0 Å². The second-order valence-corrected chi connectivity index (χ2v) is 7.84. The Balaban J connectivity index is 1.56. The first-order valence-corrected chi connectivity index (χ1v) is 10.2. The van der Waals surface area contributed by atoms with Gasteiger partial charge in [0.1, 0.15) is 36.3 Å². The Labute approximate surface area is 180 Å². The highest BCUT2D eigenvalue weighted by Gasteiger charge is 2.44. The van der Waals surface area contributed by atoms with Gasteiger partial charge in [0.05, 0.1) is 6.61 Å². The summed E-state index contributed by atoms with van der Waals surface area (Å²) in [6, 6.07) is 22.2. The van der Waals surface area contributed by atoms with Crippen LogP contribution >= 0.6 is 0 Å². The quantitative estimate of drug-likeness (QED) is 0.506. The Bertz CT molecular complexity index is 1010. The van der Waals surface area contributed by atoms with Crippen molar-refractivity contribution in [2.75, 3.05) is 6.61 Å². The van der Waals surface area contributed by atoms with Crippen molar-refractivity contribution in [1.29, 1.82) is 0 Å². The molecule has 0 aliphatic carbocycles. The first-order chi connectivity index (χ1) is 15.0. The molecule has 4 rings (SSSR count). The molecule has 1 aliphatic rings. The van der Waals surface area contributed by atoms with Gasteiger partial charge in [0.25, 0.3) is 0 Å². The fourth-order valence-corrected chi connectivity index (χ4v) is 3.95. The van der Waals surface area contributed by atoms with Crippen molar-refractivity contribution in [2.24, 2.45) is 0 Å². The van der Waals surface area contributed by atoms with Crippen molar-refractivity contribution in [2.45, 2.75) is 36.9 Å². The fourth-order valence-electron chi connectivity index (χ4n) is 3.95. The Morgan fingerprint density at radius 2 is 1.45 bits per heavy atom. The summed E-state index contributed by atoms with van der Waals surface area (Å²) in [6.07, 6.45) is -5.97. The van der Waals surface area contributed by atoms with Crippen LogP contribution in [0.3, 0.4) is 0 Å². The lowest BCUT2D eigenvalue weighted by molar-refractivity contribution is -0.231. The number of ether oxygens (including phenoxy) is 1. The first-order valence-electron chi connectivity index (χ1n) is 10.2. The van der Waals surface area contributed by atoms with Crippen molar-refractivity contribution < 1.29 is 29.6 Å². The Morgan fingerprint density at radius 1 is 0.774 bits per heavy atom. The van der Waals surface area contributed by atoms with E-state index in [-0.39, 0.29) is 5.82 Å². The molecule has 3 aromatic rings. The van der Waals surface area contributed by atoms with Crippen LogP contribution in [0.2, 0.25) is 0 Å². The zero-order valence-corrected chi connectivity index (χ0v) is 16.8. The maximum Gasteiger partial charge on any atom is 0.126 e. The van der Waals surface area contributed by atoms with Gasteiger partial charge < -0.3 is 25.2 Å². The minimum absolute atomic E-state index is 0.339. The molecular weight excluding hydrogens is 399 g/mol. The molecule has 1 fully saturated rings. The van der Waals surface area contributed by atoms with Crippen molar-refractivity contribution in [1.82, 2.24) is 0 Å². The van der Waals surface area contributed by atoms with E-state index in [1.54, 1.807) is 6.07 Å². The average molecular weight is 424 g/mol. The molecule has 0 spiro atoms. The van der Waals surface area contributed by atoms with Gasteiger partial charge in [-0.2, -0.15) is 0 Å². The van der Waals surface area contributed by atoms with Crippen molar-refractivity contribution in [3.05, 3.63) is 95.3 Å². The van der Waals surface area contributed by atoms with Crippen LogP contribution in [0.15, 0.2) is 72.8 Å². The topological polar surface area (TPSA) is 90.2 Å². The van der Waals surface area contributed by atoms with Gasteiger partial charge in [0, 0.05) is 6.42 Å². The molecule has 5 unspecified atom stereocenters. The van der Waals surface area contributed by atoms with E-state index in [2.05, 4.69) is 0 Å². The third kappa shape index (κ3) is 4.54. The summed E-state index contributed by atoms with van der Waals surface area (Å²) in [4.78, 5) is 0. The van der Waals surface area contributed by atoms with Gasteiger partial charge in [-0.3, -0.25) is 0 Å². The van der Waals surface area contributed by atoms with E-state index in [1.165, 1.54) is 12.1 Å². The van der Waals surface area contributed by atoms with Gasteiger partial charge in [0.2, 0.25) is 0 Å². The molecule has 3 aromatic carbocycles. The molecule has 162 valence electrons. The molecule has 4 N–H and O–H groups in total. The minimum Gasteiger partial charge on any atom is -0.394 e. The lowest BCUT2D eigenvalue weighted by Gasteiger charge is -2.40. The second kappa shape index (κ2) is 9.26. The number of halogens is 1. The Kier molecular flexibility index (Phi) is 6.46. The molecule has 0 aromatic heterocycles. The molecule has 1 heterocycles. The summed E-state index contributed by atoms with van der Waals surface area (Å²) >= 11 is 0. The van der Waals surface area contributed by atoms with Crippen LogP contribution in [-0.4, -0.2) is 51.4 Å². The largest absolute Gasteiger partial charge is 0.394 e. The summed E-state index contributed by atoms with van der Waals surface area (Å²) in [5.41, 5.74) is 3.98.